The monoisotopic (exact) mass is 283 g/mol. The van der Waals surface area contributed by atoms with Crippen molar-refractivity contribution < 1.29 is 14.3 Å². The van der Waals surface area contributed by atoms with Gasteiger partial charge in [-0.1, -0.05) is 12.1 Å². The van der Waals surface area contributed by atoms with Crippen LogP contribution in [-0.2, 0) is 4.79 Å². The predicted octanol–water partition coefficient (Wildman–Crippen LogP) is 2.29. The summed E-state index contributed by atoms with van der Waals surface area (Å²) in [4.78, 5) is 14.2. The van der Waals surface area contributed by atoms with E-state index in [2.05, 4.69) is 0 Å². The number of carbonyl (C=O) groups is 1. The molecule has 0 saturated carbocycles. The first-order valence-electron chi connectivity index (χ1n) is 6.50. The lowest BCUT2D eigenvalue weighted by Gasteiger charge is -2.30. The average Bonchev–Trinajstić information content (AvgIpc) is 2.41. The molecule has 0 aromatic heterocycles. The van der Waals surface area contributed by atoms with Gasteiger partial charge in [-0.15, -0.1) is 11.8 Å². The molecule has 104 valence electrons. The molecule has 1 amide bonds. The summed E-state index contributed by atoms with van der Waals surface area (Å²) in [6.45, 7) is 1.16. The lowest BCUT2D eigenvalue weighted by atomic mass is 10.1. The predicted molar refractivity (Wildman–Crippen MR) is 73.6 cm³/mol. The van der Waals surface area contributed by atoms with Crippen molar-refractivity contribution in [1.29, 1.82) is 0 Å². The zero-order valence-electron chi connectivity index (χ0n) is 10.7. The fourth-order valence-corrected chi connectivity index (χ4v) is 3.03. The minimum atomic E-state index is -0.392. The van der Waals surface area contributed by atoms with E-state index in [0.717, 1.165) is 19.4 Å². The molecule has 1 aromatic carbocycles. The van der Waals surface area contributed by atoms with Gasteiger partial charge >= 0.3 is 0 Å². The Morgan fingerprint density at radius 2 is 2.26 bits per heavy atom. The van der Waals surface area contributed by atoms with Gasteiger partial charge in [-0.25, -0.2) is 4.39 Å². The molecule has 3 nitrogen and oxygen atoms in total. The van der Waals surface area contributed by atoms with Crippen molar-refractivity contribution >= 4 is 17.7 Å². The summed E-state index contributed by atoms with van der Waals surface area (Å²) in [6.07, 6.45) is 1.62. The number of hydrogen-bond acceptors (Lipinski definition) is 3. The summed E-state index contributed by atoms with van der Waals surface area (Å²) in [5.41, 5.74) is 0. The van der Waals surface area contributed by atoms with E-state index >= 15 is 0 Å². The van der Waals surface area contributed by atoms with Crippen LogP contribution in [-0.4, -0.2) is 40.9 Å². The van der Waals surface area contributed by atoms with Crippen molar-refractivity contribution in [3.8, 4) is 0 Å². The molecule has 5 heteroatoms. The van der Waals surface area contributed by atoms with Crippen LogP contribution >= 0.6 is 11.8 Å². The molecule has 1 aliphatic rings. The Balaban J connectivity index is 1.76. The van der Waals surface area contributed by atoms with E-state index in [9.17, 15) is 14.3 Å². The summed E-state index contributed by atoms with van der Waals surface area (Å²) in [5, 5.41) is 9.52. The van der Waals surface area contributed by atoms with Crippen LogP contribution in [0.4, 0.5) is 4.39 Å². The van der Waals surface area contributed by atoms with E-state index in [4.69, 9.17) is 0 Å². The van der Waals surface area contributed by atoms with Crippen LogP contribution in [0.3, 0.4) is 0 Å². The molecule has 0 unspecified atom stereocenters. The highest BCUT2D eigenvalue weighted by Gasteiger charge is 2.21. The summed E-state index contributed by atoms with van der Waals surface area (Å²) in [7, 11) is 0. The maximum Gasteiger partial charge on any atom is 0.223 e. The average molecular weight is 283 g/mol. The van der Waals surface area contributed by atoms with Crippen molar-refractivity contribution in [1.82, 2.24) is 4.90 Å². The first-order valence-corrected chi connectivity index (χ1v) is 7.48. The molecule has 0 aliphatic carbocycles. The largest absolute Gasteiger partial charge is 0.391 e. The number of aliphatic hydroxyl groups excluding tert-OH is 1. The van der Waals surface area contributed by atoms with Gasteiger partial charge in [0, 0.05) is 30.2 Å². The maximum absolute atomic E-state index is 13.4. The number of hydrogen-bond donors (Lipinski definition) is 1. The summed E-state index contributed by atoms with van der Waals surface area (Å²) < 4.78 is 13.4. The van der Waals surface area contributed by atoms with E-state index in [0.29, 0.717) is 23.6 Å². The summed E-state index contributed by atoms with van der Waals surface area (Å²) in [5.74, 6) is 0.364. The van der Waals surface area contributed by atoms with Crippen molar-refractivity contribution in [3.63, 3.8) is 0 Å². The standard InChI is InChI=1S/C14H18FNO2S/c15-12-5-1-2-6-13(12)19-9-7-14(18)16-8-3-4-11(17)10-16/h1-2,5-6,11,17H,3-4,7-10H2/t11-/m0/s1. The van der Waals surface area contributed by atoms with Gasteiger partial charge in [0.1, 0.15) is 5.82 Å². The Labute approximate surface area is 116 Å². The molecule has 0 bridgehead atoms. The molecule has 1 heterocycles. The van der Waals surface area contributed by atoms with E-state index in [1.807, 2.05) is 0 Å². The number of likely N-dealkylation sites (tertiary alicyclic amines) is 1. The van der Waals surface area contributed by atoms with Crippen molar-refractivity contribution in [2.75, 3.05) is 18.8 Å². The molecule has 0 spiro atoms. The number of aliphatic hydroxyl groups is 1. The van der Waals surface area contributed by atoms with Gasteiger partial charge in [0.15, 0.2) is 0 Å². The molecule has 1 fully saturated rings. The number of thioether (sulfide) groups is 1. The van der Waals surface area contributed by atoms with Crippen LogP contribution in [0.5, 0.6) is 0 Å². The maximum atomic E-state index is 13.4. The second kappa shape index (κ2) is 6.91. The molecule has 2 rings (SSSR count). The molecule has 1 atom stereocenters. The highest BCUT2D eigenvalue weighted by Crippen LogP contribution is 2.22. The van der Waals surface area contributed by atoms with Crippen molar-refractivity contribution in [2.45, 2.75) is 30.3 Å². The van der Waals surface area contributed by atoms with Crippen molar-refractivity contribution in [2.24, 2.45) is 0 Å². The van der Waals surface area contributed by atoms with Crippen LogP contribution in [0.1, 0.15) is 19.3 Å². The van der Waals surface area contributed by atoms with Crippen LogP contribution in [0.2, 0.25) is 0 Å². The van der Waals surface area contributed by atoms with Crippen LogP contribution in [0.25, 0.3) is 0 Å². The quantitative estimate of drug-likeness (QED) is 0.862. The van der Waals surface area contributed by atoms with Gasteiger partial charge in [-0.05, 0) is 25.0 Å². The Kier molecular flexibility index (Phi) is 5.22. The van der Waals surface area contributed by atoms with Crippen molar-refractivity contribution in [3.05, 3.63) is 30.1 Å². The van der Waals surface area contributed by atoms with Crippen LogP contribution in [0.15, 0.2) is 29.2 Å². The second-order valence-corrected chi connectivity index (χ2v) is 5.80. The highest BCUT2D eigenvalue weighted by molar-refractivity contribution is 7.99. The number of halogens is 1. The number of β-amino-alcohol motifs (C(OH)–C–C–N with tert-alkyl or cyclic N) is 1. The lowest BCUT2D eigenvalue weighted by Crippen LogP contribution is -2.42. The minimum absolute atomic E-state index is 0.0441. The van der Waals surface area contributed by atoms with E-state index in [1.165, 1.54) is 17.8 Å². The SMILES string of the molecule is O=C(CCSc1ccccc1F)N1CCC[C@H](O)C1. The first kappa shape index (κ1) is 14.3. The molecule has 1 aromatic rings. The van der Waals surface area contributed by atoms with Gasteiger partial charge < -0.3 is 10.0 Å². The molecule has 19 heavy (non-hydrogen) atoms. The van der Waals surface area contributed by atoms with Gasteiger partial charge in [0.05, 0.1) is 6.10 Å². The lowest BCUT2D eigenvalue weighted by molar-refractivity contribution is -0.133. The fourth-order valence-electron chi connectivity index (χ4n) is 2.15. The second-order valence-electron chi connectivity index (χ2n) is 4.66. The topological polar surface area (TPSA) is 40.5 Å². The molecule has 1 aliphatic heterocycles. The smallest absolute Gasteiger partial charge is 0.223 e. The number of carbonyl (C=O) groups excluding carboxylic acids is 1. The first-order chi connectivity index (χ1) is 9.16. The molecular weight excluding hydrogens is 265 g/mol. The number of rotatable bonds is 4. The number of benzene rings is 1. The molecule has 0 radical (unpaired) electrons. The molecule has 1 saturated heterocycles. The number of piperidine rings is 1. The normalized spacial score (nSPS) is 19.5. The third kappa shape index (κ3) is 4.21. The van der Waals surface area contributed by atoms with Gasteiger partial charge in [0.25, 0.3) is 0 Å². The Hall–Kier alpha value is -1.07. The van der Waals surface area contributed by atoms with Crippen LogP contribution in [0, 0.1) is 5.82 Å². The molecule has 1 N–H and O–H groups in total. The van der Waals surface area contributed by atoms with Crippen LogP contribution < -0.4 is 0 Å². The number of nitrogens with zero attached hydrogens (tertiary/aromatic N) is 1. The van der Waals surface area contributed by atoms with E-state index in [1.54, 1.807) is 23.1 Å². The summed E-state index contributed by atoms with van der Waals surface area (Å²) in [6, 6.07) is 6.58. The zero-order valence-corrected chi connectivity index (χ0v) is 11.5. The highest BCUT2D eigenvalue weighted by atomic mass is 32.2. The third-order valence-electron chi connectivity index (χ3n) is 3.16. The zero-order chi connectivity index (χ0) is 13.7. The van der Waals surface area contributed by atoms with Gasteiger partial charge in [-0.3, -0.25) is 4.79 Å². The Morgan fingerprint density at radius 3 is 3.00 bits per heavy atom. The molecular formula is C14H18FNO2S. The Bertz CT molecular complexity index is 441. The Morgan fingerprint density at radius 1 is 1.47 bits per heavy atom. The van der Waals surface area contributed by atoms with E-state index < -0.39 is 6.10 Å². The fraction of sp³-hybridized carbons (Fsp3) is 0.500. The summed E-state index contributed by atoms with van der Waals surface area (Å²) >= 11 is 1.36. The number of amides is 1. The van der Waals surface area contributed by atoms with Gasteiger partial charge in [-0.2, -0.15) is 0 Å². The minimum Gasteiger partial charge on any atom is -0.391 e. The third-order valence-corrected chi connectivity index (χ3v) is 4.21. The van der Waals surface area contributed by atoms with Gasteiger partial charge in [0.2, 0.25) is 5.91 Å². The van der Waals surface area contributed by atoms with E-state index in [-0.39, 0.29) is 11.7 Å².